The largest absolute Gasteiger partial charge is 1.00 e. The van der Waals surface area contributed by atoms with Crippen LogP contribution in [0.3, 0.4) is 0 Å². The van der Waals surface area contributed by atoms with E-state index in [0.29, 0.717) is 5.75 Å². The number of benzene rings is 3. The molecule has 4 rings (SSSR count). The number of halogens is 1. The second kappa shape index (κ2) is 17.4. The molecule has 1 heterocycles. The number of pyridine rings is 1. The molecule has 3 nitrogen and oxygen atoms in total. The molecule has 0 aliphatic rings. The van der Waals surface area contributed by atoms with Crippen molar-refractivity contribution in [2.24, 2.45) is 0 Å². The van der Waals surface area contributed by atoms with Gasteiger partial charge in [-0.2, -0.15) is 62.8 Å². The van der Waals surface area contributed by atoms with Gasteiger partial charge in [-0.15, -0.1) is 36.7 Å². The zero-order valence-electron chi connectivity index (χ0n) is 20.8. The number of hydrogen-bond acceptors (Lipinski definition) is 3. The maximum Gasteiger partial charge on any atom is 1.00 e. The number of rotatable bonds is 4. The summed E-state index contributed by atoms with van der Waals surface area (Å²) in [6.45, 7) is 20.7. The minimum atomic E-state index is 0. The van der Waals surface area contributed by atoms with Gasteiger partial charge in [-0.05, 0) is 35.5 Å². The van der Waals surface area contributed by atoms with Crippen molar-refractivity contribution in [1.29, 1.82) is 0 Å². The maximum atomic E-state index is 5.01. The van der Waals surface area contributed by atoms with Gasteiger partial charge in [0.1, 0.15) is 0 Å². The number of fused-ring (bicyclic) bond motifs is 1. The molecule has 1 aromatic heterocycles. The van der Waals surface area contributed by atoms with E-state index in [1.54, 1.807) is 6.20 Å². The van der Waals surface area contributed by atoms with E-state index in [2.05, 4.69) is 79.7 Å². The molecule has 35 heavy (non-hydrogen) atoms. The minimum absolute atomic E-state index is 0. The van der Waals surface area contributed by atoms with Gasteiger partial charge in [-0.25, -0.2) is 0 Å². The van der Waals surface area contributed by atoms with Crippen LogP contribution in [0.15, 0.2) is 83.5 Å². The summed E-state index contributed by atoms with van der Waals surface area (Å²) in [4.78, 5) is 6.33. The standard InChI is InChI=1S/C12H10NO.C10H12BrN.C7H7.2Li/c1-8-7-9(2)12(14-3)11-10(8)5-4-6-13-11;1-3-12(4-2)10-7-5-9(11)6-8-10;1-7-5-3-2-4-6-7;;/h4-7H,1-3H2;5-8H,1-4H2;2-6H,1H2;;/q-3;-2;-1;2*+1. The molecule has 0 aliphatic carbocycles. The molecule has 174 valence electrons. The Morgan fingerprint density at radius 2 is 1.40 bits per heavy atom. The van der Waals surface area contributed by atoms with Gasteiger partial charge in [0.05, 0.1) is 0 Å². The fourth-order valence-corrected chi connectivity index (χ4v) is 3.28. The number of hydrogen-bond donors (Lipinski definition) is 0. The van der Waals surface area contributed by atoms with Gasteiger partial charge in [0.2, 0.25) is 0 Å². The normalized spacial score (nSPS) is 9.26. The smallest absolute Gasteiger partial charge is 0.721 e. The fourth-order valence-electron chi connectivity index (χ4n) is 3.01. The van der Waals surface area contributed by atoms with Gasteiger partial charge in [0.15, 0.2) is 0 Å². The van der Waals surface area contributed by atoms with E-state index >= 15 is 0 Å². The molecular weight excluding hydrogens is 486 g/mol. The molecule has 0 unspecified atom stereocenters. The predicted molar refractivity (Wildman–Crippen MR) is 145 cm³/mol. The Labute approximate surface area is 244 Å². The van der Waals surface area contributed by atoms with Crippen molar-refractivity contribution in [3.05, 3.63) is 142 Å². The topological polar surface area (TPSA) is 25.4 Å². The van der Waals surface area contributed by atoms with Crippen LogP contribution in [0.5, 0.6) is 5.75 Å². The Balaban J connectivity index is 0.000000505. The van der Waals surface area contributed by atoms with Crippen LogP contribution in [-0.4, -0.2) is 18.1 Å². The molecular formula is C29H29BrLi2N2O-4. The van der Waals surface area contributed by atoms with Gasteiger partial charge in [-0.1, -0.05) is 28.1 Å². The van der Waals surface area contributed by atoms with Gasteiger partial charge < -0.3 is 23.5 Å². The first kappa shape index (κ1) is 33.0. The van der Waals surface area contributed by atoms with Crippen LogP contribution in [0.2, 0.25) is 0 Å². The Bertz CT molecular complexity index is 1120. The van der Waals surface area contributed by atoms with Crippen LogP contribution >= 0.6 is 15.9 Å². The summed E-state index contributed by atoms with van der Waals surface area (Å²) in [5.74, 6) is 0.619. The monoisotopic (exact) mass is 514 g/mol. The maximum absolute atomic E-state index is 5.01. The van der Waals surface area contributed by atoms with E-state index in [4.69, 9.17) is 4.74 Å². The molecule has 0 bridgehead atoms. The van der Waals surface area contributed by atoms with Crippen molar-refractivity contribution in [2.75, 3.05) is 18.0 Å². The average molecular weight is 515 g/mol. The van der Waals surface area contributed by atoms with Crippen LogP contribution in [0.1, 0.15) is 16.7 Å². The molecule has 0 amide bonds. The van der Waals surface area contributed by atoms with E-state index in [0.717, 1.165) is 45.2 Å². The van der Waals surface area contributed by atoms with Crippen molar-refractivity contribution in [3.8, 4) is 5.75 Å². The van der Waals surface area contributed by atoms with Gasteiger partial charge in [0, 0.05) is 16.4 Å². The number of anilines is 1. The quantitative estimate of drug-likeness (QED) is 0.305. The summed E-state index contributed by atoms with van der Waals surface area (Å²) in [5, 5.41) is 0.971. The Kier molecular flexibility index (Phi) is 16.4. The SMILES string of the molecule is [CH2-]CN(C[CH2-])c1ccc(Br)cc1.[CH2-]Oc1c([CH2-])cc([CH2-])c2cccnc12.[CH2-]c1ccccc1.[Li+].[Li+]. The number of ether oxygens (including phenoxy) is 1. The van der Waals surface area contributed by atoms with Crippen molar-refractivity contribution in [3.63, 3.8) is 0 Å². The van der Waals surface area contributed by atoms with Crippen molar-refractivity contribution >= 4 is 32.5 Å². The third-order valence-electron chi connectivity index (χ3n) is 4.73. The van der Waals surface area contributed by atoms with E-state index in [1.807, 2.05) is 60.7 Å². The summed E-state index contributed by atoms with van der Waals surface area (Å²) in [7, 11) is 3.40. The molecule has 0 aliphatic heterocycles. The molecule has 0 spiro atoms. The molecule has 0 saturated carbocycles. The molecule has 0 fully saturated rings. The van der Waals surface area contributed by atoms with E-state index < -0.39 is 0 Å². The van der Waals surface area contributed by atoms with Gasteiger partial charge in [0.25, 0.3) is 0 Å². The van der Waals surface area contributed by atoms with E-state index in [9.17, 15) is 0 Å². The average Bonchev–Trinajstić information content (AvgIpc) is 2.83. The van der Waals surface area contributed by atoms with Gasteiger partial charge >= 0.3 is 37.7 Å². The van der Waals surface area contributed by atoms with E-state index in [-0.39, 0.29) is 37.7 Å². The molecule has 0 radical (unpaired) electrons. The first-order valence-electron chi connectivity index (χ1n) is 10.3. The molecule has 4 aromatic rings. The molecule has 0 atom stereocenters. The second-order valence-corrected chi connectivity index (χ2v) is 7.93. The Hall–Kier alpha value is -2.05. The van der Waals surface area contributed by atoms with Gasteiger partial charge in [-0.3, -0.25) is 4.98 Å². The van der Waals surface area contributed by atoms with Crippen LogP contribution in [0, 0.1) is 41.7 Å². The van der Waals surface area contributed by atoms with Crippen molar-refractivity contribution < 1.29 is 42.5 Å². The summed E-state index contributed by atoms with van der Waals surface area (Å²) >= 11 is 3.39. The summed E-state index contributed by atoms with van der Waals surface area (Å²) < 4.78 is 6.11. The first-order chi connectivity index (χ1) is 15.9. The summed E-state index contributed by atoms with van der Waals surface area (Å²) in [5.41, 5.74) is 4.67. The zero-order chi connectivity index (χ0) is 24.2. The van der Waals surface area contributed by atoms with Crippen LogP contribution in [0.4, 0.5) is 5.69 Å². The molecule has 3 aromatic carbocycles. The van der Waals surface area contributed by atoms with Crippen molar-refractivity contribution in [1.82, 2.24) is 4.98 Å². The Morgan fingerprint density at radius 1 is 0.800 bits per heavy atom. The fraction of sp³-hybridized carbons (Fsp3) is 0.0690. The predicted octanol–water partition coefficient (Wildman–Crippen LogP) is 1.57. The van der Waals surface area contributed by atoms with Crippen LogP contribution in [-0.2, 0) is 0 Å². The third-order valence-corrected chi connectivity index (χ3v) is 5.26. The Morgan fingerprint density at radius 3 is 1.89 bits per heavy atom. The van der Waals surface area contributed by atoms with Crippen molar-refractivity contribution in [2.45, 2.75) is 0 Å². The minimum Gasteiger partial charge on any atom is -0.721 e. The first-order valence-corrected chi connectivity index (χ1v) is 11.1. The summed E-state index contributed by atoms with van der Waals surface area (Å²) in [6.07, 6.45) is 1.71. The molecule has 0 saturated heterocycles. The third kappa shape index (κ3) is 10.2. The van der Waals surface area contributed by atoms with Crippen LogP contribution in [0.25, 0.3) is 10.9 Å². The number of aromatic nitrogens is 1. The van der Waals surface area contributed by atoms with E-state index in [1.165, 1.54) is 5.69 Å². The molecule has 0 N–H and O–H groups in total. The van der Waals surface area contributed by atoms with Crippen LogP contribution < -0.4 is 47.4 Å². The molecule has 6 heteroatoms. The zero-order valence-corrected chi connectivity index (χ0v) is 22.4. The second-order valence-electron chi connectivity index (χ2n) is 7.02. The summed E-state index contributed by atoms with van der Waals surface area (Å²) in [6, 6.07) is 23.7. The number of nitrogens with zero attached hydrogens (tertiary/aromatic N) is 2.